The van der Waals surface area contributed by atoms with Crippen molar-refractivity contribution in [3.63, 3.8) is 0 Å². The maximum atomic E-state index is 13.0. The lowest BCUT2D eigenvalue weighted by Gasteiger charge is -2.37. The van der Waals surface area contributed by atoms with Gasteiger partial charge in [-0.2, -0.15) is 4.98 Å². The summed E-state index contributed by atoms with van der Waals surface area (Å²) in [7, 11) is 0. The smallest absolute Gasteiger partial charge is 0.241 e. The minimum absolute atomic E-state index is 0.0575. The molecule has 2 fully saturated rings. The molecule has 4 rings (SSSR count). The van der Waals surface area contributed by atoms with Crippen molar-refractivity contribution in [3.8, 4) is 11.4 Å². The van der Waals surface area contributed by atoms with Crippen LogP contribution in [0.4, 0.5) is 0 Å². The van der Waals surface area contributed by atoms with E-state index >= 15 is 0 Å². The Morgan fingerprint density at radius 3 is 2.83 bits per heavy atom. The zero-order chi connectivity index (χ0) is 20.4. The number of rotatable bonds is 4. The van der Waals surface area contributed by atoms with Gasteiger partial charge in [-0.05, 0) is 56.3 Å². The van der Waals surface area contributed by atoms with Crippen LogP contribution in [0.3, 0.4) is 0 Å². The molecule has 3 heterocycles. The number of aromatic nitrogens is 2. The number of likely N-dealkylation sites (tertiary alicyclic amines) is 2. The van der Waals surface area contributed by atoms with Crippen LogP contribution in [0.5, 0.6) is 0 Å². The molecule has 1 aromatic heterocycles. The Hall–Kier alpha value is -1.63. The molecule has 0 radical (unpaired) electrons. The Balaban J connectivity index is 1.38. The molecule has 156 valence electrons. The number of halogens is 2. The van der Waals surface area contributed by atoms with E-state index in [1.165, 1.54) is 6.42 Å². The number of benzene rings is 1. The Morgan fingerprint density at radius 2 is 2.03 bits per heavy atom. The molecule has 2 aliphatic rings. The Kier molecular flexibility index (Phi) is 6.42. The van der Waals surface area contributed by atoms with E-state index in [1.54, 1.807) is 18.2 Å². The molecule has 0 spiro atoms. The standard InChI is InChI=1S/C21H26Cl2N4O2/c1-14-4-2-9-27(11-14)21(28)15-5-3-8-26(12-15)13-19-24-20(25-29-19)17-7-6-16(22)10-18(17)23/h6-7,10,14-15H,2-5,8-9,11-13H2,1H3. The maximum absolute atomic E-state index is 13.0. The zero-order valence-corrected chi connectivity index (χ0v) is 18.1. The van der Waals surface area contributed by atoms with Crippen molar-refractivity contribution in [2.24, 2.45) is 11.8 Å². The first-order valence-corrected chi connectivity index (χ1v) is 11.0. The fraction of sp³-hybridized carbons (Fsp3) is 0.571. The van der Waals surface area contributed by atoms with Crippen molar-refractivity contribution >= 4 is 29.1 Å². The monoisotopic (exact) mass is 436 g/mol. The minimum atomic E-state index is 0.0575. The van der Waals surface area contributed by atoms with Gasteiger partial charge in [-0.25, -0.2) is 0 Å². The molecular formula is C21H26Cl2N4O2. The average molecular weight is 437 g/mol. The molecule has 2 unspecified atom stereocenters. The van der Waals surface area contributed by atoms with Gasteiger partial charge in [-0.15, -0.1) is 0 Å². The summed E-state index contributed by atoms with van der Waals surface area (Å²) in [6, 6.07) is 5.20. The summed E-state index contributed by atoms with van der Waals surface area (Å²) in [5, 5.41) is 5.12. The van der Waals surface area contributed by atoms with Crippen molar-refractivity contribution in [1.29, 1.82) is 0 Å². The van der Waals surface area contributed by atoms with Crippen LogP contribution in [0.15, 0.2) is 22.7 Å². The molecule has 2 atom stereocenters. The minimum Gasteiger partial charge on any atom is -0.342 e. The first-order chi connectivity index (χ1) is 14.0. The molecule has 0 N–H and O–H groups in total. The second kappa shape index (κ2) is 9.02. The number of hydrogen-bond donors (Lipinski definition) is 0. The van der Waals surface area contributed by atoms with Gasteiger partial charge in [0.05, 0.1) is 17.5 Å². The molecule has 0 aliphatic carbocycles. The first-order valence-electron chi connectivity index (χ1n) is 10.3. The third-order valence-electron chi connectivity index (χ3n) is 5.82. The second-order valence-electron chi connectivity index (χ2n) is 8.24. The van der Waals surface area contributed by atoms with Crippen LogP contribution in [-0.2, 0) is 11.3 Å². The van der Waals surface area contributed by atoms with Crippen LogP contribution in [0.2, 0.25) is 10.0 Å². The predicted octanol–water partition coefficient (Wildman–Crippen LogP) is 4.51. The van der Waals surface area contributed by atoms with Crippen LogP contribution in [0.1, 0.15) is 38.5 Å². The molecule has 2 saturated heterocycles. The lowest BCUT2D eigenvalue weighted by molar-refractivity contribution is -0.139. The summed E-state index contributed by atoms with van der Waals surface area (Å²) >= 11 is 12.2. The molecule has 8 heteroatoms. The van der Waals surface area contributed by atoms with Gasteiger partial charge in [0.2, 0.25) is 17.6 Å². The van der Waals surface area contributed by atoms with E-state index in [4.69, 9.17) is 27.7 Å². The molecule has 0 bridgehead atoms. The molecule has 1 amide bonds. The third-order valence-corrected chi connectivity index (χ3v) is 6.37. The van der Waals surface area contributed by atoms with E-state index in [1.807, 2.05) is 0 Å². The summed E-state index contributed by atoms with van der Waals surface area (Å²) in [6.07, 6.45) is 4.29. The summed E-state index contributed by atoms with van der Waals surface area (Å²) in [5.41, 5.74) is 0.692. The van der Waals surface area contributed by atoms with Gasteiger partial charge in [-0.1, -0.05) is 35.3 Å². The van der Waals surface area contributed by atoms with Crippen molar-refractivity contribution in [1.82, 2.24) is 19.9 Å². The molecule has 0 saturated carbocycles. The van der Waals surface area contributed by atoms with E-state index in [-0.39, 0.29) is 5.92 Å². The van der Waals surface area contributed by atoms with Crippen molar-refractivity contribution < 1.29 is 9.32 Å². The van der Waals surface area contributed by atoms with E-state index in [2.05, 4.69) is 26.9 Å². The molecule has 2 aliphatic heterocycles. The van der Waals surface area contributed by atoms with Gasteiger partial charge in [0.25, 0.3) is 0 Å². The predicted molar refractivity (Wildman–Crippen MR) is 113 cm³/mol. The molecule has 2 aromatic rings. The largest absolute Gasteiger partial charge is 0.342 e. The lowest BCUT2D eigenvalue weighted by atomic mass is 9.93. The summed E-state index contributed by atoms with van der Waals surface area (Å²) < 4.78 is 5.44. The summed E-state index contributed by atoms with van der Waals surface area (Å²) in [6.45, 7) is 6.23. The van der Waals surface area contributed by atoms with Crippen molar-refractivity contribution in [3.05, 3.63) is 34.1 Å². The fourth-order valence-corrected chi connectivity index (χ4v) is 4.83. The van der Waals surface area contributed by atoms with Crippen molar-refractivity contribution in [2.75, 3.05) is 26.2 Å². The van der Waals surface area contributed by atoms with Gasteiger partial charge >= 0.3 is 0 Å². The number of nitrogens with zero attached hydrogens (tertiary/aromatic N) is 4. The zero-order valence-electron chi connectivity index (χ0n) is 16.6. The SMILES string of the molecule is CC1CCCN(C(=O)C2CCCN(Cc3nc(-c4ccc(Cl)cc4Cl)no3)C2)C1. The van der Waals surface area contributed by atoms with E-state index in [0.717, 1.165) is 45.4 Å². The first kappa shape index (κ1) is 20.6. The third kappa shape index (κ3) is 4.93. The van der Waals surface area contributed by atoms with E-state index in [9.17, 15) is 4.79 Å². The summed E-state index contributed by atoms with van der Waals surface area (Å²) in [5.74, 6) is 1.95. The van der Waals surface area contributed by atoms with Crippen LogP contribution in [-0.4, -0.2) is 52.0 Å². The highest BCUT2D eigenvalue weighted by atomic mass is 35.5. The highest BCUT2D eigenvalue weighted by molar-refractivity contribution is 6.36. The Bertz CT molecular complexity index is 872. The molecular weight excluding hydrogens is 411 g/mol. The van der Waals surface area contributed by atoms with E-state index < -0.39 is 0 Å². The Morgan fingerprint density at radius 1 is 1.21 bits per heavy atom. The normalized spacial score (nSPS) is 23.3. The van der Waals surface area contributed by atoms with Gasteiger partial charge < -0.3 is 9.42 Å². The average Bonchev–Trinajstić information content (AvgIpc) is 3.15. The molecule has 6 nitrogen and oxygen atoms in total. The van der Waals surface area contributed by atoms with Crippen LogP contribution in [0, 0.1) is 11.8 Å². The van der Waals surface area contributed by atoms with Gasteiger partial charge in [0.15, 0.2) is 0 Å². The summed E-state index contributed by atoms with van der Waals surface area (Å²) in [4.78, 5) is 21.8. The second-order valence-corrected chi connectivity index (χ2v) is 9.09. The van der Waals surface area contributed by atoms with Gasteiger partial charge in [0.1, 0.15) is 0 Å². The topological polar surface area (TPSA) is 62.5 Å². The van der Waals surface area contributed by atoms with E-state index in [0.29, 0.717) is 45.7 Å². The quantitative estimate of drug-likeness (QED) is 0.704. The highest BCUT2D eigenvalue weighted by Crippen LogP contribution is 2.29. The number of piperidine rings is 2. The fourth-order valence-electron chi connectivity index (χ4n) is 4.34. The number of carbonyl (C=O) groups is 1. The molecule has 1 aromatic carbocycles. The van der Waals surface area contributed by atoms with Gasteiger partial charge in [0, 0.05) is 30.2 Å². The number of carbonyl (C=O) groups excluding carboxylic acids is 1. The van der Waals surface area contributed by atoms with Crippen LogP contribution < -0.4 is 0 Å². The number of hydrogen-bond acceptors (Lipinski definition) is 5. The lowest BCUT2D eigenvalue weighted by Crippen LogP contribution is -2.47. The number of amides is 1. The maximum Gasteiger partial charge on any atom is 0.241 e. The van der Waals surface area contributed by atoms with Crippen LogP contribution in [0.25, 0.3) is 11.4 Å². The highest BCUT2D eigenvalue weighted by Gasteiger charge is 2.31. The van der Waals surface area contributed by atoms with Gasteiger partial charge in [-0.3, -0.25) is 9.69 Å². The van der Waals surface area contributed by atoms with Crippen LogP contribution >= 0.6 is 23.2 Å². The Labute approximate surface area is 181 Å². The van der Waals surface area contributed by atoms with Crippen molar-refractivity contribution in [2.45, 2.75) is 39.2 Å². The molecule has 29 heavy (non-hydrogen) atoms.